The van der Waals surface area contributed by atoms with Crippen LogP contribution in [0, 0.1) is 0 Å². The second-order valence-electron chi connectivity index (χ2n) is 3.56. The molecule has 0 radical (unpaired) electrons. The molecule has 0 spiro atoms. The molecule has 0 saturated heterocycles. The van der Waals surface area contributed by atoms with Crippen LogP contribution in [-0.4, -0.2) is 13.0 Å². The molecule has 17 heavy (non-hydrogen) atoms. The number of anilines is 1. The van der Waals surface area contributed by atoms with Crippen molar-refractivity contribution in [3.63, 3.8) is 0 Å². The van der Waals surface area contributed by atoms with Gasteiger partial charge in [0.05, 0.1) is 0 Å². The smallest absolute Gasteiger partial charge is 0.295 e. The lowest BCUT2D eigenvalue weighted by Crippen LogP contribution is -2.03. The first-order valence-corrected chi connectivity index (χ1v) is 6.35. The molecule has 0 aliphatic rings. The zero-order chi connectivity index (χ0) is 12.5. The fourth-order valence-electron chi connectivity index (χ4n) is 1.68. The maximum absolute atomic E-state index is 11.3. The van der Waals surface area contributed by atoms with Crippen molar-refractivity contribution in [3.05, 3.63) is 48.5 Å². The molecule has 0 atom stereocenters. The first-order valence-electron chi connectivity index (χ1n) is 4.91. The van der Waals surface area contributed by atoms with Crippen LogP contribution in [0.3, 0.4) is 0 Å². The van der Waals surface area contributed by atoms with Gasteiger partial charge in [0.25, 0.3) is 10.1 Å². The molecule has 0 saturated carbocycles. The topological polar surface area (TPSA) is 80.4 Å². The molecule has 2 aromatic rings. The van der Waals surface area contributed by atoms with Crippen LogP contribution in [0.15, 0.2) is 53.4 Å². The number of nitrogen functional groups attached to an aromatic ring is 1. The van der Waals surface area contributed by atoms with Gasteiger partial charge in [0.2, 0.25) is 0 Å². The summed E-state index contributed by atoms with van der Waals surface area (Å²) in [6.07, 6.45) is 0. The molecule has 0 heterocycles. The third-order valence-electron chi connectivity index (χ3n) is 2.40. The summed E-state index contributed by atoms with van der Waals surface area (Å²) in [5.74, 6) is 0. The molecule has 0 aliphatic carbocycles. The monoisotopic (exact) mass is 249 g/mol. The molecule has 2 rings (SSSR count). The zero-order valence-electron chi connectivity index (χ0n) is 8.87. The predicted octanol–water partition coefficient (Wildman–Crippen LogP) is 2.18. The van der Waals surface area contributed by atoms with Crippen molar-refractivity contribution in [2.24, 2.45) is 0 Å². The fraction of sp³-hybridized carbons (Fsp3) is 0. The van der Waals surface area contributed by atoms with Crippen LogP contribution in [0.1, 0.15) is 0 Å². The van der Waals surface area contributed by atoms with Gasteiger partial charge in [0, 0.05) is 11.3 Å². The van der Waals surface area contributed by atoms with Crippen molar-refractivity contribution < 1.29 is 13.0 Å². The average molecular weight is 249 g/mol. The highest BCUT2D eigenvalue weighted by Gasteiger charge is 2.18. The lowest BCUT2D eigenvalue weighted by Gasteiger charge is -2.10. The Morgan fingerprint density at radius 2 is 1.59 bits per heavy atom. The Hall–Kier alpha value is -1.85. The molecule has 0 aliphatic heterocycles. The molecular formula is C12H11NO3S. The SMILES string of the molecule is Nc1cccc(S(=O)(=O)O)c1-c1ccccc1. The van der Waals surface area contributed by atoms with E-state index in [9.17, 15) is 13.0 Å². The van der Waals surface area contributed by atoms with E-state index >= 15 is 0 Å². The molecule has 0 fully saturated rings. The number of benzene rings is 2. The second kappa shape index (κ2) is 4.20. The van der Waals surface area contributed by atoms with Crippen LogP contribution < -0.4 is 5.73 Å². The van der Waals surface area contributed by atoms with Gasteiger partial charge in [0.1, 0.15) is 4.90 Å². The summed E-state index contributed by atoms with van der Waals surface area (Å²) < 4.78 is 31.7. The van der Waals surface area contributed by atoms with Gasteiger partial charge < -0.3 is 5.73 Å². The normalized spacial score (nSPS) is 11.4. The number of rotatable bonds is 2. The van der Waals surface area contributed by atoms with Crippen molar-refractivity contribution in [2.45, 2.75) is 4.90 Å². The van der Waals surface area contributed by atoms with Gasteiger partial charge in [-0.15, -0.1) is 0 Å². The van der Waals surface area contributed by atoms with Crippen molar-refractivity contribution >= 4 is 15.8 Å². The third-order valence-corrected chi connectivity index (χ3v) is 3.29. The first-order chi connectivity index (χ1) is 8.00. The zero-order valence-corrected chi connectivity index (χ0v) is 9.68. The Kier molecular flexibility index (Phi) is 2.87. The summed E-state index contributed by atoms with van der Waals surface area (Å²) in [7, 11) is -4.28. The summed E-state index contributed by atoms with van der Waals surface area (Å²) in [6, 6.07) is 13.2. The number of nitrogens with two attached hydrogens (primary N) is 1. The molecule has 0 unspecified atom stereocenters. The largest absolute Gasteiger partial charge is 0.398 e. The Morgan fingerprint density at radius 1 is 0.941 bits per heavy atom. The standard InChI is InChI=1S/C12H11NO3S/c13-10-7-4-8-11(17(14,15)16)12(10)9-5-2-1-3-6-9/h1-8H,13H2,(H,14,15,16). The van der Waals surface area contributed by atoms with Crippen LogP contribution in [0.25, 0.3) is 11.1 Å². The van der Waals surface area contributed by atoms with Crippen LogP contribution in [0.5, 0.6) is 0 Å². The van der Waals surface area contributed by atoms with Crippen LogP contribution >= 0.6 is 0 Å². The lowest BCUT2D eigenvalue weighted by atomic mass is 10.0. The Balaban J connectivity index is 2.78. The lowest BCUT2D eigenvalue weighted by molar-refractivity contribution is 0.483. The molecule has 2 aromatic carbocycles. The van der Waals surface area contributed by atoms with Crippen molar-refractivity contribution in [3.8, 4) is 11.1 Å². The summed E-state index contributed by atoms with van der Waals surface area (Å²) in [4.78, 5) is -0.177. The minimum atomic E-state index is -4.28. The van der Waals surface area contributed by atoms with E-state index in [0.29, 0.717) is 16.8 Å². The second-order valence-corrected chi connectivity index (χ2v) is 4.95. The van der Waals surface area contributed by atoms with Crippen molar-refractivity contribution in [2.75, 3.05) is 5.73 Å². The van der Waals surface area contributed by atoms with Gasteiger partial charge in [-0.1, -0.05) is 36.4 Å². The van der Waals surface area contributed by atoms with Crippen molar-refractivity contribution in [1.82, 2.24) is 0 Å². The van der Waals surface area contributed by atoms with Crippen molar-refractivity contribution in [1.29, 1.82) is 0 Å². The molecule has 5 heteroatoms. The Morgan fingerprint density at radius 3 is 2.18 bits per heavy atom. The number of hydrogen-bond acceptors (Lipinski definition) is 3. The Labute approximate surface area is 99.5 Å². The molecule has 0 aromatic heterocycles. The molecule has 88 valence electrons. The van der Waals surface area contributed by atoms with E-state index in [1.165, 1.54) is 12.1 Å². The molecule has 3 N–H and O–H groups in total. The van der Waals surface area contributed by atoms with E-state index in [1.54, 1.807) is 30.3 Å². The molecule has 0 bridgehead atoms. The molecule has 0 amide bonds. The first kappa shape index (κ1) is 11.6. The van der Waals surface area contributed by atoms with Gasteiger partial charge in [-0.05, 0) is 17.7 Å². The van der Waals surface area contributed by atoms with Crippen LogP contribution in [-0.2, 0) is 10.1 Å². The van der Waals surface area contributed by atoms with Gasteiger partial charge >= 0.3 is 0 Å². The quantitative estimate of drug-likeness (QED) is 0.631. The minimum Gasteiger partial charge on any atom is -0.398 e. The van der Waals surface area contributed by atoms with Crippen LogP contribution in [0.2, 0.25) is 0 Å². The van der Waals surface area contributed by atoms with E-state index in [4.69, 9.17) is 5.73 Å². The minimum absolute atomic E-state index is 0.177. The fourth-order valence-corrected chi connectivity index (χ4v) is 2.42. The highest BCUT2D eigenvalue weighted by molar-refractivity contribution is 7.86. The predicted molar refractivity (Wildman–Crippen MR) is 66.1 cm³/mol. The maximum Gasteiger partial charge on any atom is 0.295 e. The van der Waals surface area contributed by atoms with Gasteiger partial charge in [-0.2, -0.15) is 8.42 Å². The van der Waals surface area contributed by atoms with E-state index in [-0.39, 0.29) is 4.90 Å². The van der Waals surface area contributed by atoms with E-state index in [1.807, 2.05) is 6.07 Å². The summed E-state index contributed by atoms with van der Waals surface area (Å²) in [5, 5.41) is 0. The third kappa shape index (κ3) is 2.30. The van der Waals surface area contributed by atoms with E-state index in [2.05, 4.69) is 0 Å². The average Bonchev–Trinajstić information content (AvgIpc) is 2.28. The molecule has 4 nitrogen and oxygen atoms in total. The van der Waals surface area contributed by atoms with E-state index < -0.39 is 10.1 Å². The van der Waals surface area contributed by atoms with Gasteiger partial charge in [-0.25, -0.2) is 0 Å². The summed E-state index contributed by atoms with van der Waals surface area (Å²) in [5.41, 5.74) is 7.07. The van der Waals surface area contributed by atoms with Gasteiger partial charge in [0.15, 0.2) is 0 Å². The summed E-state index contributed by atoms with van der Waals surface area (Å²) >= 11 is 0. The van der Waals surface area contributed by atoms with Gasteiger partial charge in [-0.3, -0.25) is 4.55 Å². The summed E-state index contributed by atoms with van der Waals surface area (Å²) in [6.45, 7) is 0. The highest BCUT2D eigenvalue weighted by Crippen LogP contribution is 2.32. The number of hydrogen-bond donors (Lipinski definition) is 2. The maximum atomic E-state index is 11.3. The Bertz CT molecular complexity index is 636. The van der Waals surface area contributed by atoms with Crippen LogP contribution in [0.4, 0.5) is 5.69 Å². The highest BCUT2D eigenvalue weighted by atomic mass is 32.2. The molecular weight excluding hydrogens is 238 g/mol. The van der Waals surface area contributed by atoms with E-state index in [0.717, 1.165) is 0 Å².